The Morgan fingerprint density at radius 3 is 2.56 bits per heavy atom. The van der Waals surface area contributed by atoms with Crippen molar-refractivity contribution in [3.05, 3.63) is 35.9 Å². The molecule has 1 saturated heterocycles. The maximum absolute atomic E-state index is 3.32. The van der Waals surface area contributed by atoms with Gasteiger partial charge >= 0.3 is 0 Å². The standard InChI is InChI=1S/C14H22N2/c1-12(13-6-4-3-5-7-13)8-9-16(2)14-10-15-11-14/h3-7,12,14-15H,8-11H2,1-2H3. The number of nitrogens with zero attached hydrogens (tertiary/aromatic N) is 1. The van der Waals surface area contributed by atoms with Crippen molar-refractivity contribution in [1.29, 1.82) is 0 Å². The summed E-state index contributed by atoms with van der Waals surface area (Å²) in [5, 5.41) is 3.32. The van der Waals surface area contributed by atoms with Crippen LogP contribution in [0.3, 0.4) is 0 Å². The highest BCUT2D eigenvalue weighted by molar-refractivity contribution is 5.18. The molecule has 0 spiro atoms. The minimum Gasteiger partial charge on any atom is -0.314 e. The molecule has 0 aliphatic carbocycles. The van der Waals surface area contributed by atoms with E-state index in [1.165, 1.54) is 18.5 Å². The van der Waals surface area contributed by atoms with Crippen molar-refractivity contribution in [2.24, 2.45) is 0 Å². The summed E-state index contributed by atoms with van der Waals surface area (Å²) in [5.74, 6) is 0.664. The maximum Gasteiger partial charge on any atom is 0.0342 e. The van der Waals surface area contributed by atoms with E-state index >= 15 is 0 Å². The minimum atomic E-state index is 0.664. The van der Waals surface area contributed by atoms with Crippen molar-refractivity contribution in [2.75, 3.05) is 26.7 Å². The van der Waals surface area contributed by atoms with E-state index in [0.29, 0.717) is 5.92 Å². The summed E-state index contributed by atoms with van der Waals surface area (Å²) in [6.45, 7) is 5.84. The molecule has 1 aromatic rings. The molecule has 1 unspecified atom stereocenters. The molecule has 1 aliphatic heterocycles. The van der Waals surface area contributed by atoms with E-state index < -0.39 is 0 Å². The molecule has 2 nitrogen and oxygen atoms in total. The summed E-state index contributed by atoms with van der Waals surface area (Å²) in [4.78, 5) is 2.48. The fourth-order valence-corrected chi connectivity index (χ4v) is 2.11. The Morgan fingerprint density at radius 2 is 2.00 bits per heavy atom. The van der Waals surface area contributed by atoms with E-state index in [1.54, 1.807) is 0 Å². The normalized spacial score (nSPS) is 18.4. The van der Waals surface area contributed by atoms with Crippen LogP contribution in [0, 0.1) is 0 Å². The summed E-state index contributed by atoms with van der Waals surface area (Å²) in [6.07, 6.45) is 1.25. The largest absolute Gasteiger partial charge is 0.314 e. The van der Waals surface area contributed by atoms with Crippen LogP contribution >= 0.6 is 0 Å². The molecule has 1 fully saturated rings. The van der Waals surface area contributed by atoms with Crippen LogP contribution < -0.4 is 5.32 Å². The molecule has 2 rings (SSSR count). The van der Waals surface area contributed by atoms with E-state index in [2.05, 4.69) is 54.5 Å². The molecule has 1 aromatic carbocycles. The van der Waals surface area contributed by atoms with Crippen LogP contribution in [0.25, 0.3) is 0 Å². The third-order valence-electron chi connectivity index (χ3n) is 3.67. The fraction of sp³-hybridized carbons (Fsp3) is 0.571. The fourth-order valence-electron chi connectivity index (χ4n) is 2.11. The van der Waals surface area contributed by atoms with Crippen LogP contribution in [-0.2, 0) is 0 Å². The van der Waals surface area contributed by atoms with Crippen LogP contribution in [0.2, 0.25) is 0 Å². The van der Waals surface area contributed by atoms with Gasteiger partial charge in [-0.1, -0.05) is 37.3 Å². The molecule has 2 heteroatoms. The number of benzene rings is 1. The van der Waals surface area contributed by atoms with Gasteiger partial charge in [0.05, 0.1) is 0 Å². The first kappa shape index (κ1) is 11.6. The highest BCUT2D eigenvalue weighted by atomic mass is 15.2. The lowest BCUT2D eigenvalue weighted by molar-refractivity contribution is 0.176. The van der Waals surface area contributed by atoms with Crippen LogP contribution in [-0.4, -0.2) is 37.6 Å². The van der Waals surface area contributed by atoms with Gasteiger partial charge in [0.1, 0.15) is 0 Å². The second-order valence-corrected chi connectivity index (χ2v) is 4.89. The zero-order valence-corrected chi connectivity index (χ0v) is 10.3. The van der Waals surface area contributed by atoms with Crippen LogP contribution in [0.15, 0.2) is 30.3 Å². The first-order chi connectivity index (χ1) is 7.77. The first-order valence-electron chi connectivity index (χ1n) is 6.23. The molecule has 1 aliphatic rings. The van der Waals surface area contributed by atoms with Gasteiger partial charge < -0.3 is 10.2 Å². The molecule has 0 radical (unpaired) electrons. The average Bonchev–Trinajstić information content (AvgIpc) is 2.25. The Kier molecular flexibility index (Phi) is 3.97. The van der Waals surface area contributed by atoms with Gasteiger partial charge in [-0.15, -0.1) is 0 Å². The average molecular weight is 218 g/mol. The van der Waals surface area contributed by atoms with E-state index in [4.69, 9.17) is 0 Å². The van der Waals surface area contributed by atoms with E-state index in [9.17, 15) is 0 Å². The number of hydrogen-bond acceptors (Lipinski definition) is 2. The van der Waals surface area contributed by atoms with Gasteiger partial charge in [0.2, 0.25) is 0 Å². The number of nitrogens with one attached hydrogen (secondary N) is 1. The van der Waals surface area contributed by atoms with Gasteiger partial charge in [-0.2, -0.15) is 0 Å². The molecular weight excluding hydrogens is 196 g/mol. The minimum absolute atomic E-state index is 0.664. The third kappa shape index (κ3) is 2.83. The lowest BCUT2D eigenvalue weighted by atomic mass is 9.97. The SMILES string of the molecule is CC(CCN(C)C1CNC1)c1ccccc1. The summed E-state index contributed by atoms with van der Waals surface area (Å²) in [5.41, 5.74) is 1.46. The molecule has 0 amide bonds. The van der Waals surface area contributed by atoms with Gasteiger partial charge in [-0.25, -0.2) is 0 Å². The Hall–Kier alpha value is -0.860. The second-order valence-electron chi connectivity index (χ2n) is 4.89. The molecule has 0 saturated carbocycles. The Morgan fingerprint density at radius 1 is 1.31 bits per heavy atom. The zero-order valence-electron chi connectivity index (χ0n) is 10.3. The summed E-state index contributed by atoms with van der Waals surface area (Å²) < 4.78 is 0. The quantitative estimate of drug-likeness (QED) is 0.814. The zero-order chi connectivity index (χ0) is 11.4. The van der Waals surface area contributed by atoms with Crippen molar-refractivity contribution in [2.45, 2.75) is 25.3 Å². The van der Waals surface area contributed by atoms with E-state index in [1.807, 2.05) is 0 Å². The van der Waals surface area contributed by atoms with Gasteiger partial charge in [-0.3, -0.25) is 0 Å². The molecular formula is C14H22N2. The lowest BCUT2D eigenvalue weighted by Crippen LogP contribution is -2.56. The monoisotopic (exact) mass is 218 g/mol. The topological polar surface area (TPSA) is 15.3 Å². The maximum atomic E-state index is 3.32. The third-order valence-corrected chi connectivity index (χ3v) is 3.67. The highest BCUT2D eigenvalue weighted by Crippen LogP contribution is 2.19. The van der Waals surface area contributed by atoms with Crippen molar-refractivity contribution in [3.63, 3.8) is 0 Å². The first-order valence-corrected chi connectivity index (χ1v) is 6.23. The van der Waals surface area contributed by atoms with E-state index in [0.717, 1.165) is 19.1 Å². The van der Waals surface area contributed by atoms with Crippen molar-refractivity contribution >= 4 is 0 Å². The molecule has 0 aromatic heterocycles. The molecule has 0 bridgehead atoms. The predicted octanol–water partition coefficient (Wildman–Crippen LogP) is 2.08. The Bertz CT molecular complexity index is 306. The molecule has 1 heterocycles. The van der Waals surface area contributed by atoms with Gasteiger partial charge in [-0.05, 0) is 31.5 Å². The predicted molar refractivity (Wildman–Crippen MR) is 68.8 cm³/mol. The number of rotatable bonds is 5. The smallest absolute Gasteiger partial charge is 0.0342 e. The molecule has 16 heavy (non-hydrogen) atoms. The number of likely N-dealkylation sites (N-methyl/N-ethyl adjacent to an activating group) is 1. The van der Waals surface area contributed by atoms with Crippen molar-refractivity contribution in [1.82, 2.24) is 10.2 Å². The van der Waals surface area contributed by atoms with Crippen LogP contribution in [0.5, 0.6) is 0 Å². The van der Waals surface area contributed by atoms with Gasteiger partial charge in [0.15, 0.2) is 0 Å². The molecule has 1 atom stereocenters. The molecule has 1 N–H and O–H groups in total. The van der Waals surface area contributed by atoms with Crippen molar-refractivity contribution < 1.29 is 0 Å². The Labute approximate surface area is 98.7 Å². The van der Waals surface area contributed by atoms with Gasteiger partial charge in [0, 0.05) is 19.1 Å². The second kappa shape index (κ2) is 5.46. The Balaban J connectivity index is 1.77. The molecule has 88 valence electrons. The van der Waals surface area contributed by atoms with Crippen LogP contribution in [0.1, 0.15) is 24.8 Å². The van der Waals surface area contributed by atoms with Crippen LogP contribution in [0.4, 0.5) is 0 Å². The van der Waals surface area contributed by atoms with Gasteiger partial charge in [0.25, 0.3) is 0 Å². The summed E-state index contributed by atoms with van der Waals surface area (Å²) in [6, 6.07) is 11.6. The van der Waals surface area contributed by atoms with Crippen molar-refractivity contribution in [3.8, 4) is 0 Å². The van der Waals surface area contributed by atoms with E-state index in [-0.39, 0.29) is 0 Å². The highest BCUT2D eigenvalue weighted by Gasteiger charge is 2.21. The lowest BCUT2D eigenvalue weighted by Gasteiger charge is -2.36. The summed E-state index contributed by atoms with van der Waals surface area (Å²) in [7, 11) is 2.24. The summed E-state index contributed by atoms with van der Waals surface area (Å²) >= 11 is 0. The number of hydrogen-bond donors (Lipinski definition) is 1.